The largest absolute Gasteiger partial charge is 0.317 e. The Labute approximate surface area is 108 Å². The van der Waals surface area contributed by atoms with E-state index in [0.29, 0.717) is 11.3 Å². The molecule has 0 radical (unpaired) electrons. The number of Topliss-reactive ketones (excluding diaryl/α,β-unsaturated/α-hetero) is 1. The van der Waals surface area contributed by atoms with E-state index < -0.39 is 11.7 Å². The van der Waals surface area contributed by atoms with Crippen LogP contribution in [0.15, 0.2) is 6.07 Å². The van der Waals surface area contributed by atoms with Gasteiger partial charge in [0, 0.05) is 7.14 Å². The van der Waals surface area contributed by atoms with Gasteiger partial charge in [-0.15, -0.1) is 0 Å². The Balaban J connectivity index is 2.79. The average Bonchev–Trinajstić information content (AvgIpc) is 2.40. The predicted octanol–water partition coefficient (Wildman–Crippen LogP) is 2.34. The van der Waals surface area contributed by atoms with Gasteiger partial charge >= 0.3 is 0 Å². The molecule has 1 aliphatic rings. The zero-order valence-electron chi connectivity index (χ0n) is 7.15. The molecule has 0 saturated carbocycles. The summed E-state index contributed by atoms with van der Waals surface area (Å²) in [5.74, 6) is -0.955. The highest BCUT2D eigenvalue weighted by atomic mass is 127. The van der Waals surface area contributed by atoms with Crippen LogP contribution in [0.1, 0.15) is 15.9 Å². The number of amides is 1. The number of rotatable bonds is 0. The van der Waals surface area contributed by atoms with E-state index in [4.69, 9.17) is 0 Å². The fraction of sp³-hybridized carbons (Fsp3) is 0.111. The number of carbonyl (C=O) groups excluding carboxylic acids is 2. The topological polar surface area (TPSA) is 46.2 Å². The summed E-state index contributed by atoms with van der Waals surface area (Å²) in [5, 5.41) is 2.60. The van der Waals surface area contributed by atoms with E-state index in [0.717, 1.165) is 12.7 Å². The van der Waals surface area contributed by atoms with Gasteiger partial charge in [0.05, 0.1) is 11.3 Å². The molecule has 0 atom stereocenters. The first-order chi connectivity index (χ1) is 6.52. The van der Waals surface area contributed by atoms with E-state index in [-0.39, 0.29) is 0 Å². The number of hydrogen-bond acceptors (Lipinski definition) is 2. The van der Waals surface area contributed by atoms with Crippen molar-refractivity contribution in [2.75, 3.05) is 5.32 Å². The molecule has 14 heavy (non-hydrogen) atoms. The minimum absolute atomic E-state index is 0.428. The summed E-state index contributed by atoms with van der Waals surface area (Å²) in [6.07, 6.45) is 0. The Morgan fingerprint density at radius 2 is 1.93 bits per heavy atom. The van der Waals surface area contributed by atoms with Crippen molar-refractivity contribution < 1.29 is 9.59 Å². The first-order valence-electron chi connectivity index (χ1n) is 3.86. The van der Waals surface area contributed by atoms with Crippen molar-refractivity contribution in [2.24, 2.45) is 0 Å². The number of carbonyl (C=O) groups is 2. The summed E-state index contributed by atoms with van der Waals surface area (Å²) in [4.78, 5) is 22.6. The van der Waals surface area contributed by atoms with Crippen molar-refractivity contribution in [3.8, 4) is 0 Å². The molecular weight excluding hydrogens is 408 g/mol. The maximum Gasteiger partial charge on any atom is 0.296 e. The van der Waals surface area contributed by atoms with E-state index in [9.17, 15) is 9.59 Å². The van der Waals surface area contributed by atoms with Gasteiger partial charge in [0.1, 0.15) is 0 Å². The van der Waals surface area contributed by atoms with Crippen molar-refractivity contribution in [3.63, 3.8) is 0 Å². The highest BCUT2D eigenvalue weighted by Crippen LogP contribution is 2.34. The summed E-state index contributed by atoms with van der Waals surface area (Å²) in [5.41, 5.74) is 2.26. The summed E-state index contributed by atoms with van der Waals surface area (Å²) >= 11 is 4.21. The molecule has 1 N–H and O–H groups in total. The first-order valence-corrected chi connectivity index (χ1v) is 6.02. The van der Waals surface area contributed by atoms with E-state index in [1.807, 2.05) is 13.0 Å². The fourth-order valence-corrected chi connectivity index (χ4v) is 2.92. The molecule has 1 aromatic carbocycles. The number of ketones is 1. The lowest BCUT2D eigenvalue weighted by Gasteiger charge is -2.06. The number of fused-ring (bicyclic) bond motifs is 1. The number of halogens is 2. The van der Waals surface area contributed by atoms with Crippen LogP contribution in [0.2, 0.25) is 0 Å². The van der Waals surface area contributed by atoms with Crippen LogP contribution in [0.5, 0.6) is 0 Å². The minimum atomic E-state index is -0.526. The smallest absolute Gasteiger partial charge is 0.296 e. The highest BCUT2D eigenvalue weighted by molar-refractivity contribution is 14.1. The molecule has 5 heteroatoms. The molecule has 2 rings (SSSR count). The number of benzene rings is 1. The standard InChI is InChI=1S/C9H5I2NO2/c1-3-2-4(10)5-7(6(3)11)12-9(14)8(5)13/h2H,1H3,(H,12,13,14). The van der Waals surface area contributed by atoms with Crippen LogP contribution in [-0.4, -0.2) is 11.7 Å². The van der Waals surface area contributed by atoms with Gasteiger partial charge in [0.15, 0.2) is 0 Å². The van der Waals surface area contributed by atoms with Gasteiger partial charge in [-0.1, -0.05) is 0 Å². The number of hydrogen-bond donors (Lipinski definition) is 1. The minimum Gasteiger partial charge on any atom is -0.317 e. The Bertz CT molecular complexity index is 468. The average molecular weight is 413 g/mol. The summed E-state index contributed by atoms with van der Waals surface area (Å²) in [6, 6.07) is 1.92. The van der Waals surface area contributed by atoms with Crippen molar-refractivity contribution in [2.45, 2.75) is 6.92 Å². The Morgan fingerprint density at radius 1 is 1.29 bits per heavy atom. The Hall–Kier alpha value is -0.180. The zero-order chi connectivity index (χ0) is 10.5. The molecule has 3 nitrogen and oxygen atoms in total. The van der Waals surface area contributed by atoms with Crippen molar-refractivity contribution in [3.05, 3.63) is 24.3 Å². The number of nitrogens with one attached hydrogen (secondary N) is 1. The van der Waals surface area contributed by atoms with Crippen LogP contribution >= 0.6 is 45.2 Å². The van der Waals surface area contributed by atoms with Gasteiger partial charge < -0.3 is 5.32 Å². The lowest BCUT2D eigenvalue weighted by atomic mass is 10.1. The molecule has 0 fully saturated rings. The molecule has 1 amide bonds. The second-order valence-electron chi connectivity index (χ2n) is 3.02. The maximum absolute atomic E-state index is 11.5. The molecule has 0 spiro atoms. The molecule has 1 aliphatic heterocycles. The Morgan fingerprint density at radius 3 is 2.57 bits per heavy atom. The molecule has 1 heterocycles. The highest BCUT2D eigenvalue weighted by Gasteiger charge is 2.32. The van der Waals surface area contributed by atoms with Crippen LogP contribution in [0.3, 0.4) is 0 Å². The molecule has 1 aromatic rings. The lowest BCUT2D eigenvalue weighted by molar-refractivity contribution is -0.112. The molecular formula is C9H5I2NO2. The lowest BCUT2D eigenvalue weighted by Crippen LogP contribution is -2.12. The third-order valence-corrected chi connectivity index (χ3v) is 4.31. The Kier molecular flexibility index (Phi) is 2.54. The fourth-order valence-electron chi connectivity index (χ4n) is 1.38. The van der Waals surface area contributed by atoms with Gasteiger partial charge in [0.2, 0.25) is 0 Å². The molecule has 0 saturated heterocycles. The quantitative estimate of drug-likeness (QED) is 0.525. The number of aryl methyl sites for hydroxylation is 1. The van der Waals surface area contributed by atoms with E-state index in [1.165, 1.54) is 0 Å². The van der Waals surface area contributed by atoms with Crippen LogP contribution in [-0.2, 0) is 4.79 Å². The molecule has 0 aliphatic carbocycles. The predicted molar refractivity (Wildman–Crippen MR) is 69.6 cm³/mol. The molecule has 0 bridgehead atoms. The molecule has 0 aromatic heterocycles. The van der Waals surface area contributed by atoms with Gasteiger partial charge in [-0.2, -0.15) is 0 Å². The van der Waals surface area contributed by atoms with Gasteiger partial charge in [-0.25, -0.2) is 0 Å². The maximum atomic E-state index is 11.5. The van der Waals surface area contributed by atoms with Crippen molar-refractivity contribution in [1.82, 2.24) is 0 Å². The van der Waals surface area contributed by atoms with Crippen molar-refractivity contribution >= 4 is 62.6 Å². The summed E-state index contributed by atoms with van der Waals surface area (Å²) in [6.45, 7) is 1.96. The third kappa shape index (κ3) is 1.37. The second kappa shape index (κ2) is 3.44. The van der Waals surface area contributed by atoms with Crippen LogP contribution in [0.4, 0.5) is 5.69 Å². The monoisotopic (exact) mass is 413 g/mol. The van der Waals surface area contributed by atoms with E-state index in [1.54, 1.807) is 0 Å². The van der Waals surface area contributed by atoms with Crippen molar-refractivity contribution in [1.29, 1.82) is 0 Å². The van der Waals surface area contributed by atoms with E-state index >= 15 is 0 Å². The second-order valence-corrected chi connectivity index (χ2v) is 5.26. The van der Waals surface area contributed by atoms with Crippen LogP contribution in [0, 0.1) is 14.1 Å². The zero-order valence-corrected chi connectivity index (χ0v) is 11.5. The normalized spacial score (nSPS) is 14.2. The van der Waals surface area contributed by atoms with Gasteiger partial charge in [-0.3, -0.25) is 9.59 Å². The molecule has 72 valence electrons. The van der Waals surface area contributed by atoms with Crippen LogP contribution in [0.25, 0.3) is 0 Å². The van der Waals surface area contributed by atoms with Crippen LogP contribution < -0.4 is 5.32 Å². The number of anilines is 1. The third-order valence-electron chi connectivity index (χ3n) is 2.07. The van der Waals surface area contributed by atoms with E-state index in [2.05, 4.69) is 50.5 Å². The SMILES string of the molecule is Cc1cc(I)c2c(c1I)NC(=O)C2=O. The summed E-state index contributed by atoms with van der Waals surface area (Å²) in [7, 11) is 0. The first kappa shape index (κ1) is 10.3. The van der Waals surface area contributed by atoms with Gasteiger partial charge in [-0.05, 0) is 63.7 Å². The van der Waals surface area contributed by atoms with Gasteiger partial charge in [0.25, 0.3) is 11.7 Å². The molecule has 0 unspecified atom stereocenters. The summed E-state index contributed by atoms with van der Waals surface area (Å²) < 4.78 is 1.77.